The second-order valence-electron chi connectivity index (χ2n) is 8.69. The zero-order chi connectivity index (χ0) is 26.4. The van der Waals surface area contributed by atoms with Crippen molar-refractivity contribution in [1.82, 2.24) is 34.5 Å². The number of fused-ring (bicyclic) bond motifs is 1. The van der Waals surface area contributed by atoms with Gasteiger partial charge in [0.1, 0.15) is 23.2 Å². The van der Waals surface area contributed by atoms with Gasteiger partial charge in [0.05, 0.1) is 30.4 Å². The summed E-state index contributed by atoms with van der Waals surface area (Å²) >= 11 is 0. The number of alkyl halides is 3. The Bertz CT molecular complexity index is 1660. The molecule has 6 rings (SSSR count). The molecule has 4 heterocycles. The van der Waals surface area contributed by atoms with Crippen LogP contribution in [0.2, 0.25) is 0 Å². The molecule has 10 nitrogen and oxygen atoms in total. The van der Waals surface area contributed by atoms with Crippen LogP contribution in [0, 0.1) is 0 Å². The van der Waals surface area contributed by atoms with Gasteiger partial charge in [-0.2, -0.15) is 14.9 Å². The summed E-state index contributed by atoms with van der Waals surface area (Å²) in [6.07, 6.45) is 2.08. The lowest BCUT2D eigenvalue weighted by Gasteiger charge is -2.12. The predicted octanol–water partition coefficient (Wildman–Crippen LogP) is 4.82. The number of rotatable bonds is 6. The largest absolute Gasteiger partial charge is 0.504 e. The molecule has 0 radical (unpaired) electrons. The second-order valence-corrected chi connectivity index (χ2v) is 8.69. The van der Waals surface area contributed by atoms with E-state index < -0.39 is 12.2 Å². The number of nitrogens with one attached hydrogen (secondary N) is 1. The molecule has 0 bridgehead atoms. The summed E-state index contributed by atoms with van der Waals surface area (Å²) in [7, 11) is 1.38. The molecule has 0 saturated heterocycles. The monoisotopic (exact) mass is 520 g/mol. The third-order valence-electron chi connectivity index (χ3n) is 6.09. The minimum absolute atomic E-state index is 0.00310. The van der Waals surface area contributed by atoms with Gasteiger partial charge < -0.3 is 10.1 Å². The average molecular weight is 520 g/mol. The third kappa shape index (κ3) is 4.31. The van der Waals surface area contributed by atoms with Crippen molar-refractivity contribution < 1.29 is 22.7 Å². The van der Waals surface area contributed by atoms with Crippen molar-refractivity contribution in [3.63, 3.8) is 0 Å². The lowest BCUT2D eigenvalue weighted by molar-refractivity contribution is -0.212. The zero-order valence-electron chi connectivity index (χ0n) is 19.8. The quantitative estimate of drug-likeness (QED) is 0.341. The van der Waals surface area contributed by atoms with Crippen molar-refractivity contribution in [2.45, 2.75) is 25.2 Å². The molecule has 0 aliphatic heterocycles. The minimum atomic E-state index is -4.75. The molecule has 4 aromatic heterocycles. The fourth-order valence-corrected chi connectivity index (χ4v) is 4.07. The van der Waals surface area contributed by atoms with Gasteiger partial charge in [-0.25, -0.2) is 15.0 Å². The van der Waals surface area contributed by atoms with Gasteiger partial charge in [0, 0.05) is 29.6 Å². The lowest BCUT2D eigenvalue weighted by atomic mass is 10.0. The highest BCUT2D eigenvalue weighted by Crippen LogP contribution is 2.40. The van der Waals surface area contributed by atoms with Crippen LogP contribution in [0.3, 0.4) is 0 Å². The topological polar surface area (TPSA) is 113 Å². The van der Waals surface area contributed by atoms with Gasteiger partial charge in [-0.05, 0) is 12.8 Å². The molecule has 5 aromatic rings. The number of benzene rings is 1. The summed E-state index contributed by atoms with van der Waals surface area (Å²) in [6, 6.07) is 11.6. The highest BCUT2D eigenvalue weighted by atomic mass is 19.4. The highest BCUT2D eigenvalue weighted by Gasteiger charge is 2.32. The van der Waals surface area contributed by atoms with Crippen LogP contribution in [0.15, 0.2) is 61.3 Å². The van der Waals surface area contributed by atoms with Gasteiger partial charge in [-0.3, -0.25) is 9.48 Å². The molecule has 1 amide bonds. The smallest absolute Gasteiger partial charge is 0.493 e. The number of hydrogen-bond acceptors (Lipinski definition) is 7. The Morgan fingerprint density at radius 3 is 2.58 bits per heavy atom. The fraction of sp³-hybridized carbons (Fsp3) is 0.200. The molecule has 38 heavy (non-hydrogen) atoms. The van der Waals surface area contributed by atoms with E-state index >= 15 is 0 Å². The van der Waals surface area contributed by atoms with Crippen LogP contribution in [0.4, 0.5) is 19.0 Å². The molecular formula is C25H19F3N8O2. The van der Waals surface area contributed by atoms with E-state index in [2.05, 4.69) is 25.4 Å². The molecule has 13 heteroatoms. The van der Waals surface area contributed by atoms with Crippen molar-refractivity contribution in [2.24, 2.45) is 0 Å². The van der Waals surface area contributed by atoms with Crippen LogP contribution >= 0.6 is 0 Å². The SMILES string of the molecule is COc1cc2ncnc(-c3cn(C4CC4)nc3-c3ccccc3)c2nc1NC(=O)c1cnn(C(F)(F)F)c1. The van der Waals surface area contributed by atoms with E-state index in [1.165, 1.54) is 13.4 Å². The summed E-state index contributed by atoms with van der Waals surface area (Å²) in [5, 5.41) is 10.6. The molecule has 1 saturated carbocycles. The Labute approximate surface area is 213 Å². The fourth-order valence-electron chi connectivity index (χ4n) is 4.07. The predicted molar refractivity (Wildman–Crippen MR) is 130 cm³/mol. The number of aromatic nitrogens is 7. The Balaban J connectivity index is 1.44. The molecule has 0 spiro atoms. The molecule has 1 aliphatic rings. The van der Waals surface area contributed by atoms with E-state index in [0.717, 1.165) is 35.9 Å². The Morgan fingerprint density at radius 1 is 1.11 bits per heavy atom. The minimum Gasteiger partial charge on any atom is -0.493 e. The summed E-state index contributed by atoms with van der Waals surface area (Å²) in [4.78, 5) is 26.2. The normalized spacial score (nSPS) is 13.6. The molecule has 192 valence electrons. The molecule has 1 fully saturated rings. The Hall–Kier alpha value is -4.81. The van der Waals surface area contributed by atoms with Crippen molar-refractivity contribution in [3.8, 4) is 28.3 Å². The summed E-state index contributed by atoms with van der Waals surface area (Å²) in [5.41, 5.74) is 3.36. The van der Waals surface area contributed by atoms with Crippen molar-refractivity contribution >= 4 is 22.8 Å². The Kier molecular flexibility index (Phi) is 5.55. The second kappa shape index (κ2) is 8.94. The average Bonchev–Trinajstić information content (AvgIpc) is 3.45. The van der Waals surface area contributed by atoms with Crippen LogP contribution in [0.5, 0.6) is 5.75 Å². The Morgan fingerprint density at radius 2 is 1.89 bits per heavy atom. The molecule has 1 N–H and O–H groups in total. The molecule has 1 aromatic carbocycles. The van der Waals surface area contributed by atoms with Gasteiger partial charge in [0.15, 0.2) is 11.6 Å². The number of nitrogens with zero attached hydrogens (tertiary/aromatic N) is 7. The number of methoxy groups -OCH3 is 1. The van der Waals surface area contributed by atoms with E-state index in [0.29, 0.717) is 29.0 Å². The number of carbonyl (C=O) groups excluding carboxylic acids is 1. The van der Waals surface area contributed by atoms with Crippen LogP contribution in [0.1, 0.15) is 29.2 Å². The van der Waals surface area contributed by atoms with Crippen LogP contribution in [-0.4, -0.2) is 47.5 Å². The number of anilines is 1. The number of amides is 1. The molecule has 0 unspecified atom stereocenters. The first-order valence-corrected chi connectivity index (χ1v) is 11.6. The van der Waals surface area contributed by atoms with Crippen LogP contribution in [-0.2, 0) is 6.30 Å². The maximum absolute atomic E-state index is 12.9. The van der Waals surface area contributed by atoms with Gasteiger partial charge in [0.2, 0.25) is 0 Å². The van der Waals surface area contributed by atoms with Crippen LogP contribution in [0.25, 0.3) is 33.5 Å². The first-order valence-electron chi connectivity index (χ1n) is 11.6. The zero-order valence-corrected chi connectivity index (χ0v) is 19.8. The third-order valence-corrected chi connectivity index (χ3v) is 6.09. The number of hydrogen-bond donors (Lipinski definition) is 1. The van der Waals surface area contributed by atoms with E-state index in [1.54, 1.807) is 6.07 Å². The van der Waals surface area contributed by atoms with Crippen LogP contribution < -0.4 is 10.1 Å². The van der Waals surface area contributed by atoms with Crippen molar-refractivity contribution in [3.05, 3.63) is 66.9 Å². The van der Waals surface area contributed by atoms with Gasteiger partial charge in [-0.1, -0.05) is 30.3 Å². The first-order chi connectivity index (χ1) is 18.3. The first kappa shape index (κ1) is 23.6. The standard InChI is InChI=1S/C25H19F3N8O2/c1-38-19-9-18-22(32-23(19)33-24(37)15-10-31-36(11-15)25(26,27)28)21(30-13-29-18)17-12-35(16-7-8-16)34-20(17)14-5-3-2-4-6-14/h2-6,9-13,16H,7-8H2,1H3,(H,32,33,37). The molecule has 0 atom stereocenters. The van der Waals surface area contributed by atoms with Gasteiger partial charge in [0.25, 0.3) is 5.91 Å². The molecule has 1 aliphatic carbocycles. The highest BCUT2D eigenvalue weighted by molar-refractivity contribution is 6.05. The lowest BCUT2D eigenvalue weighted by Crippen LogP contribution is -2.17. The summed E-state index contributed by atoms with van der Waals surface area (Å²) < 4.78 is 45.8. The number of carbonyl (C=O) groups is 1. The van der Waals surface area contributed by atoms with Gasteiger partial charge >= 0.3 is 6.30 Å². The number of halogens is 3. The number of ether oxygens (including phenoxy) is 1. The maximum Gasteiger partial charge on any atom is 0.504 e. The molecular weight excluding hydrogens is 501 g/mol. The van der Waals surface area contributed by atoms with E-state index in [1.807, 2.05) is 41.2 Å². The number of pyridine rings is 1. The summed E-state index contributed by atoms with van der Waals surface area (Å²) in [5.74, 6) is -0.664. The maximum atomic E-state index is 12.9. The van der Waals surface area contributed by atoms with E-state index in [9.17, 15) is 18.0 Å². The van der Waals surface area contributed by atoms with Gasteiger partial charge in [-0.15, -0.1) is 13.2 Å². The van der Waals surface area contributed by atoms with E-state index in [4.69, 9.17) is 9.84 Å². The van der Waals surface area contributed by atoms with Crippen molar-refractivity contribution in [1.29, 1.82) is 0 Å². The van der Waals surface area contributed by atoms with E-state index in [-0.39, 0.29) is 21.8 Å². The van der Waals surface area contributed by atoms with Crippen molar-refractivity contribution in [2.75, 3.05) is 12.4 Å². The summed E-state index contributed by atoms with van der Waals surface area (Å²) in [6.45, 7) is 0.